The van der Waals surface area contributed by atoms with Crippen LogP contribution in [0.15, 0.2) is 41.3 Å². The summed E-state index contributed by atoms with van der Waals surface area (Å²) < 4.78 is 0. The Balaban J connectivity index is 2.07. The van der Waals surface area contributed by atoms with Crippen LogP contribution in [0.5, 0.6) is 0 Å². The van der Waals surface area contributed by atoms with Crippen molar-refractivity contribution in [1.29, 1.82) is 0 Å². The monoisotopic (exact) mass is 393 g/mol. The minimum Gasteiger partial charge on any atom is -0.325 e. The van der Waals surface area contributed by atoms with E-state index in [0.29, 0.717) is 25.8 Å². The van der Waals surface area contributed by atoms with Gasteiger partial charge in [0.05, 0.1) is 10.3 Å². The number of amides is 1. The summed E-state index contributed by atoms with van der Waals surface area (Å²) in [6.45, 7) is 1.78. The highest BCUT2D eigenvalue weighted by Crippen LogP contribution is 2.33. The van der Waals surface area contributed by atoms with E-state index in [0.717, 1.165) is 4.90 Å². The van der Waals surface area contributed by atoms with Crippen LogP contribution in [0.25, 0.3) is 0 Å². The summed E-state index contributed by atoms with van der Waals surface area (Å²) in [4.78, 5) is 13.0. The smallest absolute Gasteiger partial charge is 0.237 e. The molecule has 0 unspecified atom stereocenters. The zero-order valence-electron chi connectivity index (χ0n) is 11.4. The maximum Gasteiger partial charge on any atom is 0.237 e. The van der Waals surface area contributed by atoms with Gasteiger partial charge in [0.25, 0.3) is 0 Å². The first-order chi connectivity index (χ1) is 10.3. The fourth-order valence-electron chi connectivity index (χ4n) is 1.68. The second kappa shape index (κ2) is 7.80. The number of carbonyl (C=O) groups excluding carboxylic acids is 1. The Kier molecular flexibility index (Phi) is 6.30. The molecule has 2 aromatic carbocycles. The highest BCUT2D eigenvalue weighted by atomic mass is 35.5. The van der Waals surface area contributed by atoms with Crippen LogP contribution in [-0.2, 0) is 4.79 Å². The van der Waals surface area contributed by atoms with Gasteiger partial charge in [0, 0.05) is 25.7 Å². The quantitative estimate of drug-likeness (QED) is 0.606. The molecule has 2 rings (SSSR count). The van der Waals surface area contributed by atoms with E-state index in [-0.39, 0.29) is 11.2 Å². The Morgan fingerprint density at radius 1 is 1.00 bits per heavy atom. The van der Waals surface area contributed by atoms with Crippen molar-refractivity contribution in [3.05, 3.63) is 56.5 Å². The molecule has 0 bridgehead atoms. The molecule has 0 saturated heterocycles. The lowest BCUT2D eigenvalue weighted by Gasteiger charge is -2.13. The van der Waals surface area contributed by atoms with Crippen LogP contribution < -0.4 is 5.32 Å². The molecule has 0 aliphatic rings. The number of carbonyl (C=O) groups is 1. The topological polar surface area (TPSA) is 29.1 Å². The number of nitrogens with one attached hydrogen (secondary N) is 1. The van der Waals surface area contributed by atoms with Crippen molar-refractivity contribution >= 4 is 69.8 Å². The van der Waals surface area contributed by atoms with Crippen molar-refractivity contribution in [2.24, 2.45) is 0 Å². The minimum absolute atomic E-state index is 0.181. The van der Waals surface area contributed by atoms with Crippen molar-refractivity contribution in [3.8, 4) is 0 Å². The molecule has 2 nitrogen and oxygen atoms in total. The molecule has 0 fully saturated rings. The van der Waals surface area contributed by atoms with Gasteiger partial charge in [-0.2, -0.15) is 0 Å². The fourth-order valence-corrected chi connectivity index (χ4v) is 3.62. The van der Waals surface area contributed by atoms with E-state index in [9.17, 15) is 4.79 Å². The molecule has 7 heteroatoms. The van der Waals surface area contributed by atoms with Gasteiger partial charge in [0.1, 0.15) is 0 Å². The van der Waals surface area contributed by atoms with Gasteiger partial charge in [0.15, 0.2) is 0 Å². The van der Waals surface area contributed by atoms with Crippen molar-refractivity contribution in [2.75, 3.05) is 5.32 Å². The van der Waals surface area contributed by atoms with Crippen LogP contribution >= 0.6 is 58.2 Å². The molecule has 0 aliphatic heterocycles. The lowest BCUT2D eigenvalue weighted by Crippen LogP contribution is -2.22. The van der Waals surface area contributed by atoms with Crippen LogP contribution in [0.2, 0.25) is 20.1 Å². The maximum absolute atomic E-state index is 12.2. The summed E-state index contributed by atoms with van der Waals surface area (Å²) >= 11 is 25.2. The first-order valence-corrected chi connectivity index (χ1v) is 8.63. The van der Waals surface area contributed by atoms with Crippen LogP contribution in [0.1, 0.15) is 6.92 Å². The molecule has 0 radical (unpaired) electrons. The van der Waals surface area contributed by atoms with Gasteiger partial charge < -0.3 is 5.32 Å². The van der Waals surface area contributed by atoms with Crippen molar-refractivity contribution in [3.63, 3.8) is 0 Å². The van der Waals surface area contributed by atoms with Crippen molar-refractivity contribution in [1.82, 2.24) is 0 Å². The third-order valence-corrected chi connectivity index (χ3v) is 4.97. The minimum atomic E-state index is -0.367. The van der Waals surface area contributed by atoms with E-state index in [1.165, 1.54) is 11.8 Å². The predicted octanol–water partition coefficient (Wildman–Crippen LogP) is 6.42. The van der Waals surface area contributed by atoms with E-state index < -0.39 is 0 Å². The predicted molar refractivity (Wildman–Crippen MR) is 96.9 cm³/mol. The summed E-state index contributed by atoms with van der Waals surface area (Å²) in [7, 11) is 0. The Morgan fingerprint density at radius 2 is 1.64 bits per heavy atom. The van der Waals surface area contributed by atoms with Gasteiger partial charge >= 0.3 is 0 Å². The molecule has 1 N–H and O–H groups in total. The SMILES string of the molecule is C[C@H](Sc1cc(Cl)ccc1Cl)C(=O)Nc1cc(Cl)cc(Cl)c1. The Hall–Kier alpha value is -0.580. The number of benzene rings is 2. The highest BCUT2D eigenvalue weighted by molar-refractivity contribution is 8.00. The molecule has 1 amide bonds. The summed E-state index contributed by atoms with van der Waals surface area (Å²) in [6, 6.07) is 10.0. The van der Waals surface area contributed by atoms with Crippen LogP contribution in [0.4, 0.5) is 5.69 Å². The van der Waals surface area contributed by atoms with Gasteiger partial charge in [-0.1, -0.05) is 46.4 Å². The second-order valence-electron chi connectivity index (χ2n) is 4.48. The number of rotatable bonds is 4. The summed E-state index contributed by atoms with van der Waals surface area (Å²) in [5.74, 6) is -0.181. The van der Waals surface area contributed by atoms with Crippen LogP contribution in [0.3, 0.4) is 0 Å². The molecular weight excluding hydrogens is 384 g/mol. The third-order valence-electron chi connectivity index (χ3n) is 2.70. The zero-order chi connectivity index (χ0) is 16.3. The van der Waals surface area contributed by atoms with Gasteiger partial charge in [0.2, 0.25) is 5.91 Å². The third kappa shape index (κ3) is 4.97. The fraction of sp³-hybridized carbons (Fsp3) is 0.133. The van der Waals surface area contributed by atoms with Gasteiger partial charge in [-0.05, 0) is 43.3 Å². The molecular formula is C15H11Cl4NOS. The second-order valence-corrected chi connectivity index (χ2v) is 7.58. The van der Waals surface area contributed by atoms with Crippen molar-refractivity contribution < 1.29 is 4.79 Å². The maximum atomic E-state index is 12.2. The summed E-state index contributed by atoms with van der Waals surface area (Å²) in [5, 5.41) is 4.45. The number of halogens is 4. The first-order valence-electron chi connectivity index (χ1n) is 6.24. The summed E-state index contributed by atoms with van der Waals surface area (Å²) in [6.07, 6.45) is 0. The number of hydrogen-bond acceptors (Lipinski definition) is 2. The van der Waals surface area contributed by atoms with Crippen molar-refractivity contribution in [2.45, 2.75) is 17.1 Å². The first kappa shape index (κ1) is 17.8. The van der Waals surface area contributed by atoms with E-state index in [4.69, 9.17) is 46.4 Å². The molecule has 0 saturated carbocycles. The van der Waals surface area contributed by atoms with E-state index in [2.05, 4.69) is 5.32 Å². The van der Waals surface area contributed by atoms with Crippen LogP contribution in [-0.4, -0.2) is 11.2 Å². The molecule has 0 spiro atoms. The molecule has 22 heavy (non-hydrogen) atoms. The number of hydrogen-bond donors (Lipinski definition) is 1. The normalized spacial score (nSPS) is 12.0. The average Bonchev–Trinajstić information content (AvgIpc) is 2.41. The standard InChI is InChI=1S/C15H11Cl4NOS/c1-8(22-14-7-9(16)2-3-13(14)19)15(21)20-12-5-10(17)4-11(18)6-12/h2-8H,1H3,(H,20,21)/t8-/m0/s1. The average molecular weight is 395 g/mol. The van der Waals surface area contributed by atoms with E-state index in [1.54, 1.807) is 43.3 Å². The summed E-state index contributed by atoms with van der Waals surface area (Å²) in [5.41, 5.74) is 0.548. The zero-order valence-corrected chi connectivity index (χ0v) is 15.2. The van der Waals surface area contributed by atoms with Crippen LogP contribution in [0, 0.1) is 0 Å². The van der Waals surface area contributed by atoms with E-state index >= 15 is 0 Å². The molecule has 116 valence electrons. The molecule has 0 heterocycles. The van der Waals surface area contributed by atoms with E-state index in [1.807, 2.05) is 0 Å². The highest BCUT2D eigenvalue weighted by Gasteiger charge is 2.16. The Bertz CT molecular complexity index is 688. The molecule has 2 aromatic rings. The lowest BCUT2D eigenvalue weighted by molar-refractivity contribution is -0.115. The molecule has 0 aromatic heterocycles. The molecule has 0 aliphatic carbocycles. The molecule has 1 atom stereocenters. The number of anilines is 1. The lowest BCUT2D eigenvalue weighted by atomic mass is 10.3. The number of thioether (sulfide) groups is 1. The van der Waals surface area contributed by atoms with Gasteiger partial charge in [-0.15, -0.1) is 11.8 Å². The van der Waals surface area contributed by atoms with Gasteiger partial charge in [-0.3, -0.25) is 4.79 Å². The Morgan fingerprint density at radius 3 is 2.27 bits per heavy atom. The Labute approximate surface area is 153 Å². The van der Waals surface area contributed by atoms with Gasteiger partial charge in [-0.25, -0.2) is 0 Å². The largest absolute Gasteiger partial charge is 0.325 e.